The zero-order valence-electron chi connectivity index (χ0n) is 10.7. The maximum atomic E-state index is 12.1. The number of aliphatic carboxylic acids is 1. The maximum absolute atomic E-state index is 12.1. The number of amides is 2. The van der Waals surface area contributed by atoms with E-state index in [-0.39, 0.29) is 6.54 Å². The van der Waals surface area contributed by atoms with Gasteiger partial charge in [0.15, 0.2) is 0 Å². The van der Waals surface area contributed by atoms with Crippen LogP contribution in [0.4, 0.5) is 4.79 Å². The lowest BCUT2D eigenvalue weighted by Crippen LogP contribution is -2.43. The highest BCUT2D eigenvalue weighted by molar-refractivity contribution is 5.80. The standard InChI is InChI=1S/C14H16N2O3/c1-3-9-16(11-13(17)18)14(19)15(2)10-12-7-5-4-6-8-12/h1,4-8H,9-11H2,2H3,(H,17,18). The van der Waals surface area contributed by atoms with E-state index in [0.29, 0.717) is 6.54 Å². The molecule has 1 aromatic rings. The van der Waals surface area contributed by atoms with Crippen molar-refractivity contribution in [1.82, 2.24) is 9.80 Å². The van der Waals surface area contributed by atoms with Gasteiger partial charge in [0.1, 0.15) is 6.54 Å². The normalized spacial score (nSPS) is 9.47. The lowest BCUT2D eigenvalue weighted by atomic mass is 10.2. The molecule has 0 aromatic heterocycles. The maximum Gasteiger partial charge on any atom is 0.323 e. The number of hydrogen-bond acceptors (Lipinski definition) is 2. The lowest BCUT2D eigenvalue weighted by Gasteiger charge is -2.25. The summed E-state index contributed by atoms with van der Waals surface area (Å²) in [5, 5.41) is 8.75. The van der Waals surface area contributed by atoms with Crippen molar-refractivity contribution in [2.75, 3.05) is 20.1 Å². The Morgan fingerprint density at radius 3 is 2.47 bits per heavy atom. The molecule has 0 aliphatic carbocycles. The van der Waals surface area contributed by atoms with Crippen LogP contribution in [0.3, 0.4) is 0 Å². The van der Waals surface area contributed by atoms with Gasteiger partial charge in [-0.3, -0.25) is 4.79 Å². The Balaban J connectivity index is 2.68. The predicted molar refractivity (Wildman–Crippen MR) is 71.3 cm³/mol. The summed E-state index contributed by atoms with van der Waals surface area (Å²) >= 11 is 0. The van der Waals surface area contributed by atoms with Crippen molar-refractivity contribution in [3.8, 4) is 12.3 Å². The van der Waals surface area contributed by atoms with E-state index >= 15 is 0 Å². The molecule has 0 atom stereocenters. The molecule has 0 saturated carbocycles. The molecule has 0 aliphatic heterocycles. The van der Waals surface area contributed by atoms with Crippen LogP contribution in [0, 0.1) is 12.3 Å². The quantitative estimate of drug-likeness (QED) is 0.811. The second kappa shape index (κ2) is 7.07. The Kier molecular flexibility index (Phi) is 5.42. The molecular formula is C14H16N2O3. The van der Waals surface area contributed by atoms with Crippen LogP contribution in [0.25, 0.3) is 0 Å². The first kappa shape index (κ1) is 14.6. The summed E-state index contributed by atoms with van der Waals surface area (Å²) in [5.41, 5.74) is 0.967. The third kappa shape index (κ3) is 4.72. The monoisotopic (exact) mass is 260 g/mol. The van der Waals surface area contributed by atoms with Crippen LogP contribution >= 0.6 is 0 Å². The Morgan fingerprint density at radius 1 is 1.32 bits per heavy atom. The molecule has 100 valence electrons. The van der Waals surface area contributed by atoms with Crippen molar-refractivity contribution in [1.29, 1.82) is 0 Å². The summed E-state index contributed by atoms with van der Waals surface area (Å²) in [6, 6.07) is 9.04. The summed E-state index contributed by atoms with van der Waals surface area (Å²) in [7, 11) is 1.61. The van der Waals surface area contributed by atoms with E-state index < -0.39 is 18.5 Å². The summed E-state index contributed by atoms with van der Waals surface area (Å²) in [4.78, 5) is 25.3. The Bertz CT molecular complexity index is 479. The Morgan fingerprint density at radius 2 is 1.95 bits per heavy atom. The van der Waals surface area contributed by atoms with Crippen LogP contribution in [0.2, 0.25) is 0 Å². The Hall–Kier alpha value is -2.48. The second-order valence-corrected chi connectivity index (χ2v) is 4.08. The number of carbonyl (C=O) groups excluding carboxylic acids is 1. The van der Waals surface area contributed by atoms with Crippen molar-refractivity contribution < 1.29 is 14.7 Å². The fourth-order valence-corrected chi connectivity index (χ4v) is 1.63. The molecule has 0 bridgehead atoms. The molecule has 0 heterocycles. The molecule has 19 heavy (non-hydrogen) atoms. The van der Waals surface area contributed by atoms with Crippen LogP contribution in [0.1, 0.15) is 5.56 Å². The number of terminal acetylenes is 1. The number of nitrogens with zero attached hydrogens (tertiary/aromatic N) is 2. The number of carbonyl (C=O) groups is 2. The zero-order chi connectivity index (χ0) is 14.3. The average molecular weight is 260 g/mol. The van der Waals surface area contributed by atoms with Gasteiger partial charge in [0.05, 0.1) is 6.54 Å². The molecule has 1 aromatic carbocycles. The highest BCUT2D eigenvalue weighted by atomic mass is 16.4. The minimum absolute atomic E-state index is 0.0235. The van der Waals surface area contributed by atoms with Gasteiger partial charge in [-0.2, -0.15) is 0 Å². The van der Waals surface area contributed by atoms with Gasteiger partial charge in [0, 0.05) is 13.6 Å². The molecule has 2 amide bonds. The van der Waals surface area contributed by atoms with Crippen molar-refractivity contribution in [2.45, 2.75) is 6.54 Å². The molecule has 0 unspecified atom stereocenters. The van der Waals surface area contributed by atoms with E-state index in [1.54, 1.807) is 7.05 Å². The molecule has 5 nitrogen and oxygen atoms in total. The molecule has 0 aliphatic rings. The van der Waals surface area contributed by atoms with Crippen molar-refractivity contribution in [3.05, 3.63) is 35.9 Å². The van der Waals surface area contributed by atoms with E-state index in [4.69, 9.17) is 11.5 Å². The molecule has 5 heteroatoms. The largest absolute Gasteiger partial charge is 0.480 e. The molecule has 0 spiro atoms. The van der Waals surface area contributed by atoms with Gasteiger partial charge in [-0.25, -0.2) is 4.79 Å². The first-order valence-corrected chi connectivity index (χ1v) is 5.73. The van der Waals surface area contributed by atoms with Crippen molar-refractivity contribution in [3.63, 3.8) is 0 Å². The number of rotatable bonds is 5. The van der Waals surface area contributed by atoms with Gasteiger partial charge >= 0.3 is 12.0 Å². The smallest absolute Gasteiger partial charge is 0.323 e. The third-order valence-electron chi connectivity index (χ3n) is 2.47. The number of benzene rings is 1. The minimum Gasteiger partial charge on any atom is -0.480 e. The van der Waals surface area contributed by atoms with Gasteiger partial charge < -0.3 is 14.9 Å². The van der Waals surface area contributed by atoms with Gasteiger partial charge in [0.25, 0.3) is 0 Å². The molecule has 1 N–H and O–H groups in total. The van der Waals surface area contributed by atoms with Crippen LogP contribution in [-0.4, -0.2) is 47.0 Å². The summed E-state index contributed by atoms with van der Waals surface area (Å²) < 4.78 is 0. The molecule has 0 fully saturated rings. The van der Waals surface area contributed by atoms with Crippen LogP contribution in [0.15, 0.2) is 30.3 Å². The minimum atomic E-state index is -1.09. The number of hydrogen-bond donors (Lipinski definition) is 1. The third-order valence-corrected chi connectivity index (χ3v) is 2.47. The van der Waals surface area contributed by atoms with E-state index in [2.05, 4.69) is 5.92 Å². The number of carboxylic acid groups (broad SMARTS) is 1. The fourth-order valence-electron chi connectivity index (χ4n) is 1.63. The number of carboxylic acids is 1. The first-order chi connectivity index (χ1) is 9.04. The van der Waals surface area contributed by atoms with Crippen LogP contribution in [-0.2, 0) is 11.3 Å². The van der Waals surface area contributed by atoms with E-state index in [1.165, 1.54) is 4.90 Å². The van der Waals surface area contributed by atoms with Gasteiger partial charge in [-0.1, -0.05) is 36.3 Å². The SMILES string of the molecule is C#CCN(CC(=O)O)C(=O)N(C)Cc1ccccc1. The van der Waals surface area contributed by atoms with Gasteiger partial charge in [-0.15, -0.1) is 6.42 Å². The predicted octanol–water partition coefficient (Wildman–Crippen LogP) is 1.26. The number of urea groups is 1. The second-order valence-electron chi connectivity index (χ2n) is 4.08. The molecular weight excluding hydrogens is 244 g/mol. The lowest BCUT2D eigenvalue weighted by molar-refractivity contribution is -0.137. The van der Waals surface area contributed by atoms with Crippen LogP contribution < -0.4 is 0 Å². The van der Waals surface area contributed by atoms with E-state index in [1.807, 2.05) is 30.3 Å². The highest BCUT2D eigenvalue weighted by Gasteiger charge is 2.19. The Labute approximate surface area is 112 Å². The summed E-state index contributed by atoms with van der Waals surface area (Å²) in [6.45, 7) is -0.0210. The summed E-state index contributed by atoms with van der Waals surface area (Å²) in [6.07, 6.45) is 5.14. The first-order valence-electron chi connectivity index (χ1n) is 5.73. The zero-order valence-corrected chi connectivity index (χ0v) is 10.7. The molecule has 0 radical (unpaired) electrons. The van der Waals surface area contributed by atoms with Crippen molar-refractivity contribution in [2.24, 2.45) is 0 Å². The fraction of sp³-hybridized carbons (Fsp3) is 0.286. The summed E-state index contributed by atoms with van der Waals surface area (Å²) in [5.74, 6) is 1.20. The topological polar surface area (TPSA) is 60.9 Å². The van der Waals surface area contributed by atoms with Gasteiger partial charge in [0.2, 0.25) is 0 Å². The molecule has 1 rings (SSSR count). The molecule has 0 saturated heterocycles. The average Bonchev–Trinajstić information content (AvgIpc) is 2.38. The van der Waals surface area contributed by atoms with E-state index in [0.717, 1.165) is 10.5 Å². The highest BCUT2D eigenvalue weighted by Crippen LogP contribution is 2.05. The van der Waals surface area contributed by atoms with Crippen molar-refractivity contribution >= 4 is 12.0 Å². The van der Waals surface area contributed by atoms with Crippen LogP contribution in [0.5, 0.6) is 0 Å². The van der Waals surface area contributed by atoms with E-state index in [9.17, 15) is 9.59 Å². The van der Waals surface area contributed by atoms with Gasteiger partial charge in [-0.05, 0) is 5.56 Å².